The van der Waals surface area contributed by atoms with Crippen LogP contribution in [0.1, 0.15) is 20.8 Å². The van der Waals surface area contributed by atoms with E-state index in [4.69, 9.17) is 5.26 Å². The second kappa shape index (κ2) is 10.3. The first-order valence-corrected chi connectivity index (χ1v) is 6.07. The van der Waals surface area contributed by atoms with Crippen molar-refractivity contribution >= 4 is 0 Å². The molecule has 0 aromatic carbocycles. The van der Waals surface area contributed by atoms with Gasteiger partial charge in [-0.3, -0.25) is 10.1 Å². The number of likely N-dealkylation sites (N-methyl/N-ethyl adjacent to an activating group) is 1. The van der Waals surface area contributed by atoms with E-state index < -0.39 is 4.92 Å². The summed E-state index contributed by atoms with van der Waals surface area (Å²) in [5.41, 5.74) is 0.380. The maximum atomic E-state index is 10.8. The molecule has 0 aliphatic rings. The smallest absolute Gasteiger partial charge is 0.282 e. The molecule has 20 heavy (non-hydrogen) atoms. The quantitative estimate of drug-likeness (QED) is 0.238. The van der Waals surface area contributed by atoms with Gasteiger partial charge in [0.15, 0.2) is 0 Å². The van der Waals surface area contributed by atoms with Crippen LogP contribution in [0.3, 0.4) is 0 Å². The average Bonchev–Trinajstić information content (AvgIpc) is 2.34. The van der Waals surface area contributed by atoms with Crippen molar-refractivity contribution in [2.45, 2.75) is 20.8 Å². The average molecular weight is 313 g/mol. The van der Waals surface area contributed by atoms with Gasteiger partial charge in [0.05, 0.1) is 4.92 Å². The van der Waals surface area contributed by atoms with E-state index in [1.165, 1.54) is 19.1 Å². The van der Waals surface area contributed by atoms with Crippen LogP contribution in [0.5, 0.6) is 0 Å². The van der Waals surface area contributed by atoms with Crippen LogP contribution < -0.4 is 0 Å². The largest absolute Gasteiger partial charge is 0.375 e. The molecule has 0 aromatic heterocycles. The Hall–Kier alpha value is -1.51. The Balaban J connectivity index is 0. The number of nitrogens with zero attached hydrogens (tertiary/aromatic N) is 3. The van der Waals surface area contributed by atoms with E-state index in [2.05, 4.69) is 13.5 Å². The second-order valence-corrected chi connectivity index (χ2v) is 4.24. The van der Waals surface area contributed by atoms with E-state index in [9.17, 15) is 10.1 Å². The summed E-state index contributed by atoms with van der Waals surface area (Å²) in [5.74, 6) is 0.201. The minimum atomic E-state index is -0.567. The summed E-state index contributed by atoms with van der Waals surface area (Å²) in [6.07, 6.45) is 2.76. The fourth-order valence-electron chi connectivity index (χ4n) is 1.61. The molecule has 0 amide bonds. The number of allylic oxidation sites excluding steroid dienone is 3. The summed E-state index contributed by atoms with van der Waals surface area (Å²) in [5, 5.41) is 19.8. The fraction of sp³-hybridized carbons (Fsp3) is 0.429. The zero-order chi connectivity index (χ0) is 15.0. The molecule has 1 unspecified atom stereocenters. The first kappa shape index (κ1) is 20.8. The zero-order valence-electron chi connectivity index (χ0n) is 12.2. The molecular weight excluding hydrogens is 293 g/mol. The minimum absolute atomic E-state index is 0. The molecule has 1 atom stereocenters. The van der Waals surface area contributed by atoms with Crippen molar-refractivity contribution in [2.75, 3.05) is 13.1 Å². The molecule has 1 radical (unpaired) electrons. The molecule has 5 nitrogen and oxygen atoms in total. The van der Waals surface area contributed by atoms with Crippen LogP contribution in [0.2, 0.25) is 0 Å². The molecule has 0 bridgehead atoms. The van der Waals surface area contributed by atoms with E-state index in [0.717, 1.165) is 0 Å². The Bertz CT molecular complexity index is 448. The van der Waals surface area contributed by atoms with Crippen LogP contribution in [0.4, 0.5) is 0 Å². The van der Waals surface area contributed by atoms with Crippen molar-refractivity contribution in [1.29, 1.82) is 5.26 Å². The fourth-order valence-corrected chi connectivity index (χ4v) is 1.61. The molecule has 109 valence electrons. The summed E-state index contributed by atoms with van der Waals surface area (Å²) in [6, 6.07) is 1.85. The van der Waals surface area contributed by atoms with Gasteiger partial charge in [0, 0.05) is 30.8 Å². The number of rotatable bonds is 7. The molecule has 0 saturated carbocycles. The van der Waals surface area contributed by atoms with Crippen molar-refractivity contribution in [2.24, 2.45) is 5.92 Å². The summed E-state index contributed by atoms with van der Waals surface area (Å²) < 4.78 is 0. The molecule has 0 rings (SSSR count). The molecular formula is C14H20N3O2V-. The standard InChI is InChI=1S/C14H20N3O2.V/c1-6-14(17(18)19)13(9-15)8-12(5)16(7-2)10-11(3)4;/h6,8,11H,3,5,7,10H2,1-2,4H3;/q-1;/b13-8-,14-6+;. The van der Waals surface area contributed by atoms with E-state index in [1.54, 1.807) is 0 Å². The summed E-state index contributed by atoms with van der Waals surface area (Å²) >= 11 is 0. The van der Waals surface area contributed by atoms with Crippen molar-refractivity contribution in [3.8, 4) is 6.07 Å². The summed E-state index contributed by atoms with van der Waals surface area (Å²) in [4.78, 5) is 12.2. The van der Waals surface area contributed by atoms with Gasteiger partial charge in [0.1, 0.15) is 11.6 Å². The molecule has 0 heterocycles. The predicted molar refractivity (Wildman–Crippen MR) is 75.4 cm³/mol. The summed E-state index contributed by atoms with van der Waals surface area (Å²) in [6.45, 7) is 14.6. The number of nitriles is 1. The first-order chi connectivity index (χ1) is 8.87. The van der Waals surface area contributed by atoms with Gasteiger partial charge in [0.25, 0.3) is 5.70 Å². The van der Waals surface area contributed by atoms with Crippen LogP contribution in [-0.2, 0) is 18.6 Å². The van der Waals surface area contributed by atoms with Gasteiger partial charge in [0.2, 0.25) is 0 Å². The topological polar surface area (TPSA) is 70.2 Å². The predicted octanol–water partition coefficient (Wildman–Crippen LogP) is 2.92. The maximum Gasteiger partial charge on any atom is 0.282 e. The van der Waals surface area contributed by atoms with Crippen molar-refractivity contribution in [1.82, 2.24) is 4.90 Å². The van der Waals surface area contributed by atoms with Gasteiger partial charge in [-0.2, -0.15) is 11.2 Å². The SMILES string of the molecule is C=C(/C=C(C#N)\C(=C/C)[N+](=O)[O-])N(CC)CC([CH2-])C.[V]. The maximum absolute atomic E-state index is 10.8. The van der Waals surface area contributed by atoms with Gasteiger partial charge in [-0.15, -0.1) is 0 Å². The van der Waals surface area contributed by atoms with E-state index in [-0.39, 0.29) is 35.7 Å². The zero-order valence-corrected chi connectivity index (χ0v) is 13.6. The molecule has 0 saturated heterocycles. The Kier molecular flexibility index (Phi) is 10.7. The molecule has 0 aliphatic carbocycles. The van der Waals surface area contributed by atoms with Crippen LogP contribution in [0.15, 0.2) is 35.7 Å². The Labute approximate surface area is 132 Å². The molecule has 0 spiro atoms. The van der Waals surface area contributed by atoms with E-state index in [1.807, 2.05) is 24.8 Å². The van der Waals surface area contributed by atoms with Crippen molar-refractivity contribution in [3.63, 3.8) is 0 Å². The Morgan fingerprint density at radius 2 is 2.20 bits per heavy atom. The van der Waals surface area contributed by atoms with Crippen LogP contribution >= 0.6 is 0 Å². The molecule has 0 aromatic rings. The molecule has 0 fully saturated rings. The first-order valence-electron chi connectivity index (χ1n) is 6.07. The molecule has 0 N–H and O–H groups in total. The third kappa shape index (κ3) is 6.60. The van der Waals surface area contributed by atoms with Gasteiger partial charge in [-0.1, -0.05) is 13.5 Å². The van der Waals surface area contributed by atoms with Crippen molar-refractivity contribution in [3.05, 3.63) is 52.7 Å². The normalized spacial score (nSPS) is 12.9. The minimum Gasteiger partial charge on any atom is -0.375 e. The van der Waals surface area contributed by atoms with Crippen LogP contribution in [-0.4, -0.2) is 22.9 Å². The van der Waals surface area contributed by atoms with E-state index >= 15 is 0 Å². The molecule has 0 aliphatic heterocycles. The van der Waals surface area contributed by atoms with Gasteiger partial charge >= 0.3 is 0 Å². The molecule has 6 heteroatoms. The van der Waals surface area contributed by atoms with Gasteiger partial charge in [-0.05, 0) is 32.5 Å². The number of hydrogen-bond donors (Lipinski definition) is 0. The van der Waals surface area contributed by atoms with Gasteiger partial charge < -0.3 is 11.8 Å². The number of nitro groups is 1. The Morgan fingerprint density at radius 1 is 1.65 bits per heavy atom. The van der Waals surface area contributed by atoms with Gasteiger partial charge in [-0.25, -0.2) is 0 Å². The van der Waals surface area contributed by atoms with Crippen LogP contribution in [0, 0.1) is 34.3 Å². The monoisotopic (exact) mass is 313 g/mol. The third-order valence-corrected chi connectivity index (χ3v) is 2.50. The van der Waals surface area contributed by atoms with E-state index in [0.29, 0.717) is 18.8 Å². The van der Waals surface area contributed by atoms with Crippen LogP contribution in [0.25, 0.3) is 0 Å². The number of hydrogen-bond acceptors (Lipinski definition) is 4. The summed E-state index contributed by atoms with van der Waals surface area (Å²) in [7, 11) is 0. The van der Waals surface area contributed by atoms with Crippen molar-refractivity contribution < 1.29 is 23.5 Å². The Morgan fingerprint density at radius 3 is 2.50 bits per heavy atom. The second-order valence-electron chi connectivity index (χ2n) is 4.24. The third-order valence-electron chi connectivity index (χ3n) is 2.50.